The van der Waals surface area contributed by atoms with E-state index in [-0.39, 0.29) is 17.2 Å². The van der Waals surface area contributed by atoms with E-state index >= 15 is 0 Å². The normalized spacial score (nSPS) is 19.4. The molecule has 0 saturated heterocycles. The molecule has 2 heteroatoms. The minimum absolute atomic E-state index is 0.0577. The maximum absolute atomic E-state index is 12.4. The van der Waals surface area contributed by atoms with Crippen LogP contribution in [0.25, 0.3) is 0 Å². The van der Waals surface area contributed by atoms with E-state index in [1.807, 2.05) is 26.2 Å². The molecule has 1 aliphatic carbocycles. The van der Waals surface area contributed by atoms with Crippen molar-refractivity contribution in [2.75, 3.05) is 14.1 Å². The molecule has 0 aliphatic heterocycles. The minimum atomic E-state index is -0.135. The lowest BCUT2D eigenvalue weighted by Gasteiger charge is -2.20. The van der Waals surface area contributed by atoms with Crippen LogP contribution in [0.3, 0.4) is 0 Å². The first-order chi connectivity index (χ1) is 9.66. The second kappa shape index (κ2) is 4.78. The third kappa shape index (κ3) is 1.92. The predicted octanol–water partition coefficient (Wildman–Crippen LogP) is 3.08. The van der Waals surface area contributed by atoms with Crippen LogP contribution in [0.2, 0.25) is 0 Å². The maximum atomic E-state index is 12.4. The quantitative estimate of drug-likeness (QED) is 0.835. The zero-order valence-corrected chi connectivity index (χ0v) is 11.9. The van der Waals surface area contributed by atoms with Crippen LogP contribution >= 0.6 is 0 Å². The Morgan fingerprint density at radius 3 is 1.80 bits per heavy atom. The molecule has 0 heterocycles. The SMILES string of the molecule is CN(C)C(=O)C1CC1(c1ccccc1)c1ccccc1. The van der Waals surface area contributed by atoms with Crippen LogP contribution in [0.15, 0.2) is 60.7 Å². The third-order valence-electron chi connectivity index (χ3n) is 4.28. The van der Waals surface area contributed by atoms with Crippen LogP contribution < -0.4 is 0 Å². The molecule has 0 spiro atoms. The Hall–Kier alpha value is -2.09. The fraction of sp³-hybridized carbons (Fsp3) is 0.278. The number of rotatable bonds is 3. The highest BCUT2D eigenvalue weighted by Gasteiger charge is 2.60. The van der Waals surface area contributed by atoms with E-state index in [0.29, 0.717) is 0 Å². The lowest BCUT2D eigenvalue weighted by molar-refractivity contribution is -0.130. The molecule has 0 bridgehead atoms. The smallest absolute Gasteiger partial charge is 0.226 e. The van der Waals surface area contributed by atoms with E-state index in [1.54, 1.807) is 4.90 Å². The lowest BCUT2D eigenvalue weighted by atomic mass is 9.85. The number of nitrogens with zero attached hydrogens (tertiary/aromatic N) is 1. The second-order valence-electron chi connectivity index (χ2n) is 5.69. The Morgan fingerprint density at radius 1 is 0.950 bits per heavy atom. The average Bonchev–Trinajstić information content (AvgIpc) is 3.25. The van der Waals surface area contributed by atoms with Crippen molar-refractivity contribution in [3.05, 3.63) is 71.8 Å². The van der Waals surface area contributed by atoms with Crippen LogP contribution in [0.1, 0.15) is 17.5 Å². The molecule has 0 aromatic heterocycles. The molecule has 1 atom stereocenters. The number of carbonyl (C=O) groups excluding carboxylic acids is 1. The zero-order chi connectivity index (χ0) is 14.2. The van der Waals surface area contributed by atoms with Gasteiger partial charge in [0.15, 0.2) is 0 Å². The first kappa shape index (κ1) is 12.9. The predicted molar refractivity (Wildman–Crippen MR) is 80.5 cm³/mol. The Balaban J connectivity index is 2.06. The Labute approximate surface area is 120 Å². The van der Waals surface area contributed by atoms with E-state index in [2.05, 4.69) is 48.5 Å². The van der Waals surface area contributed by atoms with E-state index in [4.69, 9.17) is 0 Å². The molecule has 0 radical (unpaired) electrons. The van der Waals surface area contributed by atoms with Gasteiger partial charge in [-0.2, -0.15) is 0 Å². The molecular weight excluding hydrogens is 246 g/mol. The molecule has 2 aromatic carbocycles. The van der Waals surface area contributed by atoms with Crippen LogP contribution in [0.4, 0.5) is 0 Å². The van der Waals surface area contributed by atoms with Gasteiger partial charge in [-0.3, -0.25) is 4.79 Å². The Morgan fingerprint density at radius 2 is 1.40 bits per heavy atom. The number of hydrogen-bond donors (Lipinski definition) is 0. The summed E-state index contributed by atoms with van der Waals surface area (Å²) in [5.74, 6) is 0.278. The minimum Gasteiger partial charge on any atom is -0.349 e. The van der Waals surface area contributed by atoms with Crippen LogP contribution in [0, 0.1) is 5.92 Å². The van der Waals surface area contributed by atoms with Gasteiger partial charge in [-0.25, -0.2) is 0 Å². The number of carbonyl (C=O) groups is 1. The monoisotopic (exact) mass is 265 g/mol. The van der Waals surface area contributed by atoms with Crippen molar-refractivity contribution in [2.24, 2.45) is 5.92 Å². The van der Waals surface area contributed by atoms with Gasteiger partial charge in [0.1, 0.15) is 0 Å². The molecule has 20 heavy (non-hydrogen) atoms. The van der Waals surface area contributed by atoms with Crippen molar-refractivity contribution >= 4 is 5.91 Å². The van der Waals surface area contributed by atoms with Gasteiger partial charge in [-0.1, -0.05) is 60.7 Å². The molecule has 1 amide bonds. The first-order valence-corrected chi connectivity index (χ1v) is 6.98. The largest absolute Gasteiger partial charge is 0.349 e. The topological polar surface area (TPSA) is 20.3 Å². The number of amides is 1. The van der Waals surface area contributed by atoms with Crippen LogP contribution in [0.5, 0.6) is 0 Å². The fourth-order valence-electron chi connectivity index (χ4n) is 3.15. The van der Waals surface area contributed by atoms with Crippen LogP contribution in [-0.2, 0) is 10.2 Å². The third-order valence-corrected chi connectivity index (χ3v) is 4.28. The van der Waals surface area contributed by atoms with Gasteiger partial charge in [-0.05, 0) is 17.5 Å². The van der Waals surface area contributed by atoms with Crippen LogP contribution in [-0.4, -0.2) is 24.9 Å². The molecule has 0 N–H and O–H groups in total. The molecule has 2 nitrogen and oxygen atoms in total. The fourth-order valence-corrected chi connectivity index (χ4v) is 3.15. The van der Waals surface area contributed by atoms with Gasteiger partial charge in [-0.15, -0.1) is 0 Å². The highest BCUT2D eigenvalue weighted by molar-refractivity contribution is 5.85. The maximum Gasteiger partial charge on any atom is 0.226 e. The van der Waals surface area contributed by atoms with E-state index in [0.717, 1.165) is 6.42 Å². The highest BCUT2D eigenvalue weighted by atomic mass is 16.2. The summed E-state index contributed by atoms with van der Waals surface area (Å²) < 4.78 is 0. The number of hydrogen-bond acceptors (Lipinski definition) is 1. The number of benzene rings is 2. The second-order valence-corrected chi connectivity index (χ2v) is 5.69. The van der Waals surface area contributed by atoms with Gasteiger partial charge >= 0.3 is 0 Å². The summed E-state index contributed by atoms with van der Waals surface area (Å²) in [5.41, 5.74) is 2.35. The van der Waals surface area contributed by atoms with Crippen molar-refractivity contribution in [1.29, 1.82) is 0 Å². The van der Waals surface area contributed by atoms with E-state index in [1.165, 1.54) is 11.1 Å². The molecule has 1 saturated carbocycles. The van der Waals surface area contributed by atoms with Crippen molar-refractivity contribution in [1.82, 2.24) is 4.90 Å². The molecule has 1 unspecified atom stereocenters. The van der Waals surface area contributed by atoms with Gasteiger partial charge < -0.3 is 4.90 Å². The first-order valence-electron chi connectivity index (χ1n) is 6.98. The Kier molecular flexibility index (Phi) is 3.09. The van der Waals surface area contributed by atoms with Gasteiger partial charge in [0, 0.05) is 19.5 Å². The average molecular weight is 265 g/mol. The van der Waals surface area contributed by atoms with Crippen molar-refractivity contribution in [2.45, 2.75) is 11.8 Å². The summed E-state index contributed by atoms with van der Waals surface area (Å²) in [5, 5.41) is 0. The van der Waals surface area contributed by atoms with Gasteiger partial charge in [0.25, 0.3) is 0 Å². The summed E-state index contributed by atoms with van der Waals surface area (Å²) in [6, 6.07) is 20.8. The van der Waals surface area contributed by atoms with E-state index < -0.39 is 0 Å². The van der Waals surface area contributed by atoms with Gasteiger partial charge in [0.05, 0.1) is 5.92 Å². The van der Waals surface area contributed by atoms with Crippen molar-refractivity contribution in [3.8, 4) is 0 Å². The summed E-state index contributed by atoms with van der Waals surface area (Å²) in [6.45, 7) is 0. The standard InChI is InChI=1S/C18H19NO/c1-19(2)17(20)16-13-18(16,14-9-5-3-6-10-14)15-11-7-4-8-12-15/h3-12,16H,13H2,1-2H3. The molecule has 3 rings (SSSR count). The van der Waals surface area contributed by atoms with Crippen molar-refractivity contribution in [3.63, 3.8) is 0 Å². The summed E-state index contributed by atoms with van der Waals surface area (Å²) in [6.07, 6.45) is 0.901. The summed E-state index contributed by atoms with van der Waals surface area (Å²) in [4.78, 5) is 14.1. The zero-order valence-electron chi connectivity index (χ0n) is 11.9. The molecule has 102 valence electrons. The summed E-state index contributed by atoms with van der Waals surface area (Å²) >= 11 is 0. The molecular formula is C18H19NO. The highest BCUT2D eigenvalue weighted by Crippen LogP contribution is 2.59. The molecule has 1 aliphatic rings. The van der Waals surface area contributed by atoms with E-state index in [9.17, 15) is 4.79 Å². The van der Waals surface area contributed by atoms with Gasteiger partial charge in [0.2, 0.25) is 5.91 Å². The lowest BCUT2D eigenvalue weighted by Crippen LogP contribution is -2.28. The molecule has 2 aromatic rings. The summed E-state index contributed by atoms with van der Waals surface area (Å²) in [7, 11) is 3.67. The molecule has 1 fully saturated rings. The van der Waals surface area contributed by atoms with Crippen molar-refractivity contribution < 1.29 is 4.79 Å². The Bertz CT molecular complexity index is 564.